The first kappa shape index (κ1) is 16.8. The molecule has 0 saturated heterocycles. The van der Waals surface area contributed by atoms with Crippen molar-refractivity contribution in [3.63, 3.8) is 0 Å². The number of hydrogen-bond donors (Lipinski definition) is 3. The van der Waals surface area contributed by atoms with Crippen LogP contribution in [-0.2, 0) is 9.59 Å². The predicted molar refractivity (Wildman–Crippen MR) is 89.7 cm³/mol. The maximum Gasteiger partial charge on any atom is 0.345 e. The van der Waals surface area contributed by atoms with E-state index in [0.717, 1.165) is 5.56 Å². The van der Waals surface area contributed by atoms with Gasteiger partial charge < -0.3 is 15.6 Å². The molecule has 0 atom stereocenters. The highest BCUT2D eigenvalue weighted by Gasteiger charge is 2.07. The number of aromatic nitrogens is 2. The van der Waals surface area contributed by atoms with E-state index in [1.807, 2.05) is 6.92 Å². The minimum Gasteiger partial charge on any atom is -0.326 e. The molecule has 0 unspecified atom stereocenters. The standard InChI is InChI=1S/C15H16N4O3S/c1-9-7-16-15(22)19-14(9)23-8-13(21)18-12-5-3-11(4-6-12)17-10(2)20/h3-7H,8H2,1-2H3,(H,17,20)(H,18,21)(H,16,19,22). The molecule has 3 N–H and O–H groups in total. The van der Waals surface area contributed by atoms with Gasteiger partial charge in [-0.15, -0.1) is 0 Å². The number of carbonyl (C=O) groups excluding carboxylic acids is 2. The number of anilines is 2. The van der Waals surface area contributed by atoms with Gasteiger partial charge in [-0.2, -0.15) is 0 Å². The fourth-order valence-corrected chi connectivity index (χ4v) is 2.55. The van der Waals surface area contributed by atoms with Crippen LogP contribution in [0.2, 0.25) is 0 Å². The van der Waals surface area contributed by atoms with Crippen molar-refractivity contribution in [3.05, 3.63) is 46.5 Å². The highest BCUT2D eigenvalue weighted by molar-refractivity contribution is 8.00. The fraction of sp³-hybridized carbons (Fsp3) is 0.200. The molecule has 23 heavy (non-hydrogen) atoms. The van der Waals surface area contributed by atoms with Crippen molar-refractivity contribution in [3.8, 4) is 0 Å². The number of rotatable bonds is 5. The number of thioether (sulfide) groups is 1. The van der Waals surface area contributed by atoms with Crippen LogP contribution in [-0.4, -0.2) is 27.5 Å². The van der Waals surface area contributed by atoms with Gasteiger partial charge in [0.1, 0.15) is 0 Å². The second-order valence-corrected chi connectivity index (χ2v) is 5.78. The number of benzene rings is 1. The van der Waals surface area contributed by atoms with E-state index in [2.05, 4.69) is 20.6 Å². The Balaban J connectivity index is 1.90. The summed E-state index contributed by atoms with van der Waals surface area (Å²) in [5.74, 6) is -0.187. The van der Waals surface area contributed by atoms with Gasteiger partial charge in [-0.05, 0) is 36.8 Å². The van der Waals surface area contributed by atoms with Crippen LogP contribution >= 0.6 is 11.8 Å². The molecule has 2 amide bonds. The van der Waals surface area contributed by atoms with Gasteiger partial charge in [-0.25, -0.2) is 9.78 Å². The predicted octanol–water partition coefficient (Wildman–Crippen LogP) is 1.77. The van der Waals surface area contributed by atoms with E-state index in [-0.39, 0.29) is 17.6 Å². The van der Waals surface area contributed by atoms with Crippen LogP contribution in [0.3, 0.4) is 0 Å². The minimum absolute atomic E-state index is 0.153. The summed E-state index contributed by atoms with van der Waals surface area (Å²) >= 11 is 1.24. The van der Waals surface area contributed by atoms with Gasteiger partial charge in [0.15, 0.2) is 0 Å². The first-order chi connectivity index (χ1) is 10.9. The van der Waals surface area contributed by atoms with Gasteiger partial charge in [-0.1, -0.05) is 11.8 Å². The monoisotopic (exact) mass is 332 g/mol. The zero-order chi connectivity index (χ0) is 16.8. The van der Waals surface area contributed by atoms with Gasteiger partial charge in [0, 0.05) is 24.5 Å². The van der Waals surface area contributed by atoms with Crippen LogP contribution in [0.15, 0.2) is 40.3 Å². The lowest BCUT2D eigenvalue weighted by atomic mass is 10.3. The topological polar surface area (TPSA) is 104 Å². The summed E-state index contributed by atoms with van der Waals surface area (Å²) in [6, 6.07) is 6.81. The maximum atomic E-state index is 11.9. The molecule has 0 aliphatic rings. The number of aryl methyl sites for hydroxylation is 1. The molecular formula is C15H16N4O3S. The number of nitrogens with one attached hydrogen (secondary N) is 3. The van der Waals surface area contributed by atoms with Crippen molar-refractivity contribution in [1.82, 2.24) is 9.97 Å². The lowest BCUT2D eigenvalue weighted by Crippen LogP contribution is -2.16. The third kappa shape index (κ3) is 5.26. The molecule has 0 saturated carbocycles. The molecule has 2 rings (SSSR count). The van der Waals surface area contributed by atoms with Crippen LogP contribution in [0.25, 0.3) is 0 Å². The second-order valence-electron chi connectivity index (χ2n) is 4.80. The zero-order valence-corrected chi connectivity index (χ0v) is 13.5. The third-order valence-corrected chi connectivity index (χ3v) is 3.91. The number of carbonyl (C=O) groups is 2. The van der Waals surface area contributed by atoms with Gasteiger partial charge in [0.05, 0.1) is 10.8 Å². The van der Waals surface area contributed by atoms with Crippen LogP contribution in [0.1, 0.15) is 12.5 Å². The highest BCUT2D eigenvalue weighted by Crippen LogP contribution is 2.18. The quantitative estimate of drug-likeness (QED) is 0.572. The second kappa shape index (κ2) is 7.59. The zero-order valence-electron chi connectivity index (χ0n) is 12.7. The normalized spacial score (nSPS) is 10.2. The Labute approximate surface area is 136 Å². The van der Waals surface area contributed by atoms with Crippen molar-refractivity contribution in [2.45, 2.75) is 18.9 Å². The number of hydrogen-bond acceptors (Lipinski definition) is 5. The van der Waals surface area contributed by atoms with E-state index in [1.165, 1.54) is 24.9 Å². The molecular weight excluding hydrogens is 316 g/mol. The SMILES string of the molecule is CC(=O)Nc1ccc(NC(=O)CSc2[nH]c(=O)ncc2C)cc1. The third-order valence-electron chi connectivity index (χ3n) is 2.79. The van der Waals surface area contributed by atoms with Crippen LogP contribution in [0, 0.1) is 6.92 Å². The Bertz CT molecular complexity index is 771. The average molecular weight is 332 g/mol. The van der Waals surface area contributed by atoms with Crippen molar-refractivity contribution in [2.75, 3.05) is 16.4 Å². The molecule has 0 spiro atoms. The van der Waals surface area contributed by atoms with Crippen LogP contribution in [0.5, 0.6) is 0 Å². The summed E-state index contributed by atoms with van der Waals surface area (Å²) in [4.78, 5) is 40.2. The van der Waals surface area contributed by atoms with E-state index in [0.29, 0.717) is 16.4 Å². The highest BCUT2D eigenvalue weighted by atomic mass is 32.2. The molecule has 120 valence electrons. The Morgan fingerprint density at radius 1 is 1.17 bits per heavy atom. The van der Waals surface area contributed by atoms with Crippen LogP contribution in [0.4, 0.5) is 11.4 Å². The van der Waals surface area contributed by atoms with Crippen molar-refractivity contribution >= 4 is 35.0 Å². The largest absolute Gasteiger partial charge is 0.345 e. The number of aromatic amines is 1. The summed E-state index contributed by atoms with van der Waals surface area (Å²) in [6.07, 6.45) is 1.47. The van der Waals surface area contributed by atoms with E-state index in [9.17, 15) is 14.4 Å². The number of amides is 2. The van der Waals surface area contributed by atoms with E-state index in [4.69, 9.17) is 0 Å². The lowest BCUT2D eigenvalue weighted by Gasteiger charge is -2.07. The molecule has 0 radical (unpaired) electrons. The Kier molecular flexibility index (Phi) is 5.53. The summed E-state index contributed by atoms with van der Waals surface area (Å²) in [6.45, 7) is 3.24. The van der Waals surface area contributed by atoms with Gasteiger partial charge in [-0.3, -0.25) is 9.59 Å². The minimum atomic E-state index is -0.438. The lowest BCUT2D eigenvalue weighted by molar-refractivity contribution is -0.114. The fourth-order valence-electron chi connectivity index (χ4n) is 1.77. The Hall–Kier alpha value is -2.61. The summed E-state index contributed by atoms with van der Waals surface area (Å²) in [5, 5.41) is 6.02. The molecule has 2 aromatic rings. The van der Waals surface area contributed by atoms with Gasteiger partial charge in [0.25, 0.3) is 0 Å². The number of H-pyrrole nitrogens is 1. The smallest absolute Gasteiger partial charge is 0.326 e. The molecule has 1 heterocycles. The van der Waals surface area contributed by atoms with Crippen LogP contribution < -0.4 is 16.3 Å². The van der Waals surface area contributed by atoms with E-state index < -0.39 is 5.69 Å². The molecule has 0 bridgehead atoms. The summed E-state index contributed by atoms with van der Waals surface area (Å²) < 4.78 is 0. The molecule has 8 heteroatoms. The van der Waals surface area contributed by atoms with Crippen molar-refractivity contribution in [1.29, 1.82) is 0 Å². The molecule has 1 aromatic heterocycles. The van der Waals surface area contributed by atoms with E-state index in [1.54, 1.807) is 24.3 Å². The van der Waals surface area contributed by atoms with Gasteiger partial charge >= 0.3 is 5.69 Å². The van der Waals surface area contributed by atoms with Gasteiger partial charge in [0.2, 0.25) is 11.8 Å². The maximum absolute atomic E-state index is 11.9. The molecule has 7 nitrogen and oxygen atoms in total. The summed E-state index contributed by atoms with van der Waals surface area (Å²) in [7, 11) is 0. The first-order valence-corrected chi connectivity index (χ1v) is 7.79. The number of nitrogens with zero attached hydrogens (tertiary/aromatic N) is 1. The molecule has 1 aromatic carbocycles. The Morgan fingerprint density at radius 2 is 1.78 bits per heavy atom. The molecule has 0 aliphatic heterocycles. The Morgan fingerprint density at radius 3 is 2.39 bits per heavy atom. The van der Waals surface area contributed by atoms with Crippen molar-refractivity contribution < 1.29 is 9.59 Å². The first-order valence-electron chi connectivity index (χ1n) is 6.80. The van der Waals surface area contributed by atoms with Crippen molar-refractivity contribution in [2.24, 2.45) is 0 Å². The van der Waals surface area contributed by atoms with E-state index >= 15 is 0 Å². The molecule has 0 aliphatic carbocycles. The average Bonchev–Trinajstić information content (AvgIpc) is 2.50. The molecule has 0 fully saturated rings. The summed E-state index contributed by atoms with van der Waals surface area (Å²) in [5.41, 5.74) is 1.66.